The molecule has 1 atom stereocenters. The van der Waals surface area contributed by atoms with Crippen molar-refractivity contribution < 1.29 is 0 Å². The first-order chi connectivity index (χ1) is 11.1. The molecular formula is C19H26N4. The van der Waals surface area contributed by atoms with Crippen LogP contribution < -0.4 is 5.32 Å². The van der Waals surface area contributed by atoms with Crippen molar-refractivity contribution in [3.8, 4) is 0 Å². The summed E-state index contributed by atoms with van der Waals surface area (Å²) in [5, 5.41) is 3.61. The molecule has 0 spiro atoms. The number of rotatable bonds is 5. The molecule has 2 aromatic rings. The topological polar surface area (TPSA) is 50.7 Å². The van der Waals surface area contributed by atoms with Gasteiger partial charge in [0.15, 0.2) is 0 Å². The van der Waals surface area contributed by atoms with E-state index in [0.717, 1.165) is 31.0 Å². The fourth-order valence-electron chi connectivity index (χ4n) is 3.40. The van der Waals surface area contributed by atoms with E-state index in [1.165, 1.54) is 29.7 Å². The second-order valence-corrected chi connectivity index (χ2v) is 6.77. The van der Waals surface area contributed by atoms with Crippen LogP contribution in [0.3, 0.4) is 0 Å². The Morgan fingerprint density at radius 2 is 2.00 bits per heavy atom. The normalized spacial score (nSPS) is 15.3. The van der Waals surface area contributed by atoms with Crippen molar-refractivity contribution in [3.63, 3.8) is 0 Å². The van der Waals surface area contributed by atoms with Gasteiger partial charge in [-0.3, -0.25) is 4.98 Å². The van der Waals surface area contributed by atoms with Crippen molar-refractivity contribution in [3.05, 3.63) is 47.2 Å². The Balaban J connectivity index is 1.80. The zero-order chi connectivity index (χ0) is 16.2. The van der Waals surface area contributed by atoms with Crippen molar-refractivity contribution in [2.24, 2.45) is 5.92 Å². The fraction of sp³-hybridized carbons (Fsp3) is 0.526. The van der Waals surface area contributed by atoms with Crippen molar-refractivity contribution in [2.45, 2.75) is 52.4 Å². The Hall–Kier alpha value is -1.97. The number of hydrogen-bond donors (Lipinski definition) is 1. The number of aromatic nitrogens is 3. The minimum absolute atomic E-state index is 0.429. The van der Waals surface area contributed by atoms with Crippen molar-refractivity contribution in [1.29, 1.82) is 0 Å². The minimum Gasteiger partial charge on any atom is -0.369 e. The van der Waals surface area contributed by atoms with Crippen LogP contribution >= 0.6 is 0 Å². The number of nitrogens with zero attached hydrogens (tertiary/aromatic N) is 3. The van der Waals surface area contributed by atoms with Gasteiger partial charge in [-0.15, -0.1) is 0 Å². The van der Waals surface area contributed by atoms with Crippen LogP contribution in [0.5, 0.6) is 0 Å². The summed E-state index contributed by atoms with van der Waals surface area (Å²) in [7, 11) is 0. The summed E-state index contributed by atoms with van der Waals surface area (Å²) >= 11 is 0. The summed E-state index contributed by atoms with van der Waals surface area (Å²) in [6, 6.07) is 4.18. The van der Waals surface area contributed by atoms with E-state index in [1.807, 2.05) is 25.4 Å². The summed E-state index contributed by atoms with van der Waals surface area (Å²) in [5.41, 5.74) is 3.86. The molecule has 4 nitrogen and oxygen atoms in total. The predicted molar refractivity (Wildman–Crippen MR) is 93.7 cm³/mol. The van der Waals surface area contributed by atoms with Crippen LogP contribution in [-0.4, -0.2) is 21.5 Å². The molecule has 0 aliphatic heterocycles. The van der Waals surface area contributed by atoms with Crippen molar-refractivity contribution in [2.75, 3.05) is 11.9 Å². The van der Waals surface area contributed by atoms with E-state index >= 15 is 0 Å². The highest BCUT2D eigenvalue weighted by atomic mass is 15.0. The first kappa shape index (κ1) is 15.9. The van der Waals surface area contributed by atoms with Crippen LogP contribution in [0.25, 0.3) is 0 Å². The van der Waals surface area contributed by atoms with Crippen molar-refractivity contribution >= 4 is 5.82 Å². The van der Waals surface area contributed by atoms with Gasteiger partial charge >= 0.3 is 0 Å². The van der Waals surface area contributed by atoms with Gasteiger partial charge in [-0.05, 0) is 50.2 Å². The molecule has 0 bridgehead atoms. The summed E-state index contributed by atoms with van der Waals surface area (Å²) < 4.78 is 0. The van der Waals surface area contributed by atoms with Gasteiger partial charge in [0.2, 0.25) is 0 Å². The van der Waals surface area contributed by atoms with Gasteiger partial charge in [-0.2, -0.15) is 0 Å². The second kappa shape index (κ2) is 7.07. The maximum absolute atomic E-state index is 4.67. The highest BCUT2D eigenvalue weighted by molar-refractivity contribution is 5.48. The highest BCUT2D eigenvalue weighted by Gasteiger charge is 2.20. The second-order valence-electron chi connectivity index (χ2n) is 6.77. The standard InChI is InChI=1S/C19H26N4/c1-13(2)17(15-7-6-10-20-11-15)12-21-19-16-8-4-5-9-18(16)22-14(3)23-19/h6-7,10-11,13,17H,4-5,8-9,12H2,1-3H3,(H,21,22,23). The third kappa shape index (κ3) is 3.69. The van der Waals surface area contributed by atoms with Gasteiger partial charge in [-0.25, -0.2) is 9.97 Å². The van der Waals surface area contributed by atoms with Gasteiger partial charge in [0, 0.05) is 36.1 Å². The third-order valence-corrected chi connectivity index (χ3v) is 4.70. The number of fused-ring (bicyclic) bond motifs is 1. The van der Waals surface area contributed by atoms with E-state index in [9.17, 15) is 0 Å². The van der Waals surface area contributed by atoms with Crippen molar-refractivity contribution in [1.82, 2.24) is 15.0 Å². The van der Waals surface area contributed by atoms with Crippen LogP contribution in [0, 0.1) is 12.8 Å². The number of pyridine rings is 1. The molecule has 0 fully saturated rings. The number of anilines is 1. The Kier molecular flexibility index (Phi) is 4.89. The van der Waals surface area contributed by atoms with E-state index in [1.54, 1.807) is 0 Å². The van der Waals surface area contributed by atoms with E-state index in [0.29, 0.717) is 11.8 Å². The van der Waals surface area contributed by atoms with Gasteiger partial charge < -0.3 is 5.32 Å². The summed E-state index contributed by atoms with van der Waals surface area (Å²) in [6.07, 6.45) is 8.48. The maximum atomic E-state index is 4.67. The lowest BCUT2D eigenvalue weighted by atomic mass is 9.89. The van der Waals surface area contributed by atoms with E-state index in [-0.39, 0.29) is 0 Å². The number of aryl methyl sites for hydroxylation is 2. The molecule has 2 heterocycles. The Morgan fingerprint density at radius 3 is 2.74 bits per heavy atom. The highest BCUT2D eigenvalue weighted by Crippen LogP contribution is 2.28. The molecule has 1 aliphatic rings. The van der Waals surface area contributed by atoms with Gasteiger partial charge in [0.25, 0.3) is 0 Å². The SMILES string of the molecule is Cc1nc2c(c(NCC(c3cccnc3)C(C)C)n1)CCCC2. The lowest BCUT2D eigenvalue weighted by molar-refractivity contribution is 0.514. The van der Waals surface area contributed by atoms with Crippen LogP contribution in [0.2, 0.25) is 0 Å². The van der Waals surface area contributed by atoms with Gasteiger partial charge in [0.1, 0.15) is 11.6 Å². The molecule has 0 amide bonds. The molecule has 122 valence electrons. The average molecular weight is 310 g/mol. The third-order valence-electron chi connectivity index (χ3n) is 4.70. The molecule has 1 N–H and O–H groups in total. The van der Waals surface area contributed by atoms with E-state index in [4.69, 9.17) is 0 Å². The lowest BCUT2D eigenvalue weighted by Crippen LogP contribution is -2.21. The van der Waals surface area contributed by atoms with Crippen LogP contribution in [-0.2, 0) is 12.8 Å². The summed E-state index contributed by atoms with van der Waals surface area (Å²) in [4.78, 5) is 13.6. The Labute approximate surface area is 138 Å². The van der Waals surface area contributed by atoms with Crippen LogP contribution in [0.4, 0.5) is 5.82 Å². The van der Waals surface area contributed by atoms with E-state index < -0.39 is 0 Å². The van der Waals surface area contributed by atoms with Gasteiger partial charge in [-0.1, -0.05) is 19.9 Å². The monoisotopic (exact) mass is 310 g/mol. The quantitative estimate of drug-likeness (QED) is 0.909. The number of hydrogen-bond acceptors (Lipinski definition) is 4. The molecule has 23 heavy (non-hydrogen) atoms. The molecule has 0 aromatic carbocycles. The molecule has 0 radical (unpaired) electrons. The number of nitrogens with one attached hydrogen (secondary N) is 1. The lowest BCUT2D eigenvalue weighted by Gasteiger charge is -2.24. The first-order valence-corrected chi connectivity index (χ1v) is 8.65. The molecule has 1 unspecified atom stereocenters. The van der Waals surface area contributed by atoms with E-state index in [2.05, 4.69) is 40.2 Å². The molecule has 4 heteroatoms. The first-order valence-electron chi connectivity index (χ1n) is 8.65. The Morgan fingerprint density at radius 1 is 1.17 bits per heavy atom. The van der Waals surface area contributed by atoms with Crippen LogP contribution in [0.15, 0.2) is 24.5 Å². The molecule has 2 aromatic heterocycles. The molecular weight excluding hydrogens is 284 g/mol. The van der Waals surface area contributed by atoms with Gasteiger partial charge in [0.05, 0.1) is 0 Å². The summed E-state index contributed by atoms with van der Waals surface area (Å²) in [6.45, 7) is 7.40. The molecule has 3 rings (SSSR count). The van der Waals surface area contributed by atoms with Crippen LogP contribution in [0.1, 0.15) is 55.3 Å². The maximum Gasteiger partial charge on any atom is 0.133 e. The smallest absolute Gasteiger partial charge is 0.133 e. The summed E-state index contributed by atoms with van der Waals surface area (Å²) in [5.74, 6) is 2.89. The Bertz CT molecular complexity index is 652. The zero-order valence-electron chi connectivity index (χ0n) is 14.3. The molecule has 0 saturated carbocycles. The molecule has 1 aliphatic carbocycles. The molecule has 0 saturated heterocycles. The minimum atomic E-state index is 0.429. The average Bonchev–Trinajstić information content (AvgIpc) is 2.55. The zero-order valence-corrected chi connectivity index (χ0v) is 14.3. The largest absolute Gasteiger partial charge is 0.369 e. The predicted octanol–water partition coefficient (Wildman–Crippen LogP) is 3.91. The fourth-order valence-corrected chi connectivity index (χ4v) is 3.40.